The van der Waals surface area contributed by atoms with Crippen LogP contribution in [0.3, 0.4) is 0 Å². The minimum absolute atomic E-state index is 0.0645. The maximum Gasteiger partial charge on any atom is 0.347 e. The third-order valence-electron chi connectivity index (χ3n) is 4.01. The molecular formula is C20H20O5. The van der Waals surface area contributed by atoms with Gasteiger partial charge in [0.25, 0.3) is 0 Å². The van der Waals surface area contributed by atoms with E-state index in [0.29, 0.717) is 5.56 Å². The van der Waals surface area contributed by atoms with Gasteiger partial charge in [-0.1, -0.05) is 37.6 Å². The maximum absolute atomic E-state index is 12.5. The van der Waals surface area contributed by atoms with Gasteiger partial charge < -0.3 is 9.84 Å². The second kappa shape index (κ2) is 8.24. The summed E-state index contributed by atoms with van der Waals surface area (Å²) in [6.45, 7) is 3.73. The molecule has 5 nitrogen and oxygen atoms in total. The number of aromatic carboxylic acids is 1. The molecule has 0 amide bonds. The highest BCUT2D eigenvalue weighted by Crippen LogP contribution is 2.22. The Kier molecular flexibility index (Phi) is 6.06. The summed E-state index contributed by atoms with van der Waals surface area (Å²) in [5.74, 6) is -2.98. The van der Waals surface area contributed by atoms with Crippen molar-refractivity contribution < 1.29 is 24.2 Å². The molecule has 2 rings (SSSR count). The first-order chi connectivity index (χ1) is 12.0. The van der Waals surface area contributed by atoms with Crippen LogP contribution < -0.4 is 0 Å². The van der Waals surface area contributed by atoms with Crippen LogP contribution in [-0.2, 0) is 11.2 Å². The Morgan fingerprint density at radius 1 is 1.00 bits per heavy atom. The van der Waals surface area contributed by atoms with Crippen molar-refractivity contribution in [2.45, 2.75) is 33.1 Å². The van der Waals surface area contributed by atoms with Crippen molar-refractivity contribution in [2.75, 3.05) is 0 Å². The van der Waals surface area contributed by atoms with Crippen LogP contribution in [0, 0.1) is 6.92 Å². The smallest absolute Gasteiger partial charge is 0.347 e. The van der Waals surface area contributed by atoms with E-state index >= 15 is 0 Å². The van der Waals surface area contributed by atoms with Crippen molar-refractivity contribution >= 4 is 17.9 Å². The number of carboxylic acid groups (broad SMARTS) is 1. The molecule has 2 aromatic carbocycles. The number of unbranched alkanes of at least 4 members (excludes halogenated alkanes) is 1. The Balaban J connectivity index is 2.36. The highest BCUT2D eigenvalue weighted by molar-refractivity contribution is 6.08. The highest BCUT2D eigenvalue weighted by Gasteiger charge is 2.24. The first kappa shape index (κ1) is 18.4. The molecule has 0 fully saturated rings. The highest BCUT2D eigenvalue weighted by atomic mass is 16.6. The molecule has 0 radical (unpaired) electrons. The van der Waals surface area contributed by atoms with Crippen LogP contribution in [0.25, 0.3) is 0 Å². The first-order valence-corrected chi connectivity index (χ1v) is 8.13. The van der Waals surface area contributed by atoms with Crippen molar-refractivity contribution in [2.24, 2.45) is 0 Å². The molecule has 130 valence electrons. The van der Waals surface area contributed by atoms with E-state index in [1.165, 1.54) is 18.2 Å². The van der Waals surface area contributed by atoms with Gasteiger partial charge in [0.05, 0.1) is 16.7 Å². The number of carbonyl (C=O) groups is 3. The quantitative estimate of drug-likeness (QED) is 0.634. The SMILES string of the molecule is CCCCc1ccc(C(=O)O)c(C(=O)OC(=O)c2ccccc2)c1C. The summed E-state index contributed by atoms with van der Waals surface area (Å²) < 4.78 is 4.91. The molecule has 0 aliphatic heterocycles. The number of hydrogen-bond acceptors (Lipinski definition) is 4. The average Bonchev–Trinajstić information content (AvgIpc) is 2.60. The molecule has 0 aliphatic carbocycles. The van der Waals surface area contributed by atoms with Crippen LogP contribution in [0.1, 0.15) is 62.0 Å². The van der Waals surface area contributed by atoms with Gasteiger partial charge in [-0.25, -0.2) is 14.4 Å². The second-order valence-electron chi connectivity index (χ2n) is 5.72. The van der Waals surface area contributed by atoms with E-state index in [2.05, 4.69) is 6.92 Å². The van der Waals surface area contributed by atoms with Crippen LogP contribution in [-0.4, -0.2) is 23.0 Å². The van der Waals surface area contributed by atoms with Crippen LogP contribution in [0.2, 0.25) is 0 Å². The molecule has 0 aliphatic rings. The first-order valence-electron chi connectivity index (χ1n) is 8.13. The normalized spacial score (nSPS) is 10.3. The molecular weight excluding hydrogens is 320 g/mol. The van der Waals surface area contributed by atoms with Crippen molar-refractivity contribution in [1.82, 2.24) is 0 Å². The molecule has 0 aromatic heterocycles. The molecule has 1 N–H and O–H groups in total. The summed E-state index contributed by atoms with van der Waals surface area (Å²) in [6.07, 6.45) is 2.63. The van der Waals surface area contributed by atoms with Crippen LogP contribution in [0.5, 0.6) is 0 Å². The predicted octanol–water partition coefficient (Wildman–Crippen LogP) is 4.03. The van der Waals surface area contributed by atoms with Gasteiger partial charge in [0, 0.05) is 0 Å². The zero-order chi connectivity index (χ0) is 18.4. The third kappa shape index (κ3) is 4.32. The van der Waals surface area contributed by atoms with Crippen LogP contribution >= 0.6 is 0 Å². The molecule has 0 saturated heterocycles. The molecule has 0 spiro atoms. The predicted molar refractivity (Wildman–Crippen MR) is 92.9 cm³/mol. The number of hydrogen-bond donors (Lipinski definition) is 1. The van der Waals surface area contributed by atoms with Gasteiger partial charge in [0.1, 0.15) is 0 Å². The molecule has 0 saturated carbocycles. The zero-order valence-electron chi connectivity index (χ0n) is 14.2. The van der Waals surface area contributed by atoms with Gasteiger partial charge in [-0.05, 0) is 49.1 Å². The van der Waals surface area contributed by atoms with Crippen molar-refractivity contribution in [3.05, 3.63) is 70.3 Å². The van der Waals surface area contributed by atoms with Crippen LogP contribution in [0.4, 0.5) is 0 Å². The van der Waals surface area contributed by atoms with Gasteiger partial charge in [0.15, 0.2) is 0 Å². The van der Waals surface area contributed by atoms with E-state index in [1.54, 1.807) is 31.2 Å². The number of rotatable bonds is 6. The van der Waals surface area contributed by atoms with E-state index in [9.17, 15) is 19.5 Å². The van der Waals surface area contributed by atoms with Crippen molar-refractivity contribution in [3.8, 4) is 0 Å². The van der Waals surface area contributed by atoms with Gasteiger partial charge >= 0.3 is 17.9 Å². The number of carbonyl (C=O) groups excluding carboxylic acids is 2. The standard InChI is InChI=1S/C20H20O5/c1-3-4-8-14-11-12-16(18(21)22)17(13(14)2)20(24)25-19(23)15-9-6-5-7-10-15/h5-7,9-12H,3-4,8H2,1-2H3,(H,21,22). The van der Waals surface area contributed by atoms with Crippen molar-refractivity contribution in [1.29, 1.82) is 0 Å². The third-order valence-corrected chi connectivity index (χ3v) is 4.01. The topological polar surface area (TPSA) is 80.7 Å². The number of aryl methyl sites for hydroxylation is 1. The Morgan fingerprint density at radius 2 is 1.68 bits per heavy atom. The molecule has 0 bridgehead atoms. The number of esters is 2. The summed E-state index contributed by atoms with van der Waals surface area (Å²) in [5, 5.41) is 9.36. The minimum atomic E-state index is -1.23. The van der Waals surface area contributed by atoms with E-state index in [4.69, 9.17) is 4.74 Å². The van der Waals surface area contributed by atoms with E-state index < -0.39 is 17.9 Å². The summed E-state index contributed by atoms with van der Waals surface area (Å²) in [6, 6.07) is 11.2. The average molecular weight is 340 g/mol. The van der Waals surface area contributed by atoms with E-state index in [-0.39, 0.29) is 16.7 Å². The molecule has 0 unspecified atom stereocenters. The van der Waals surface area contributed by atoms with Gasteiger partial charge in [-0.3, -0.25) is 0 Å². The van der Waals surface area contributed by atoms with E-state index in [0.717, 1.165) is 24.8 Å². The summed E-state index contributed by atoms with van der Waals surface area (Å²) in [7, 11) is 0. The molecule has 0 atom stereocenters. The second-order valence-corrected chi connectivity index (χ2v) is 5.72. The lowest BCUT2D eigenvalue weighted by Gasteiger charge is -2.13. The van der Waals surface area contributed by atoms with Crippen molar-refractivity contribution in [3.63, 3.8) is 0 Å². The molecule has 5 heteroatoms. The van der Waals surface area contributed by atoms with Gasteiger partial charge in [-0.2, -0.15) is 0 Å². The fourth-order valence-corrected chi connectivity index (χ4v) is 2.60. The molecule has 2 aromatic rings. The monoisotopic (exact) mass is 340 g/mol. The fourth-order valence-electron chi connectivity index (χ4n) is 2.60. The lowest BCUT2D eigenvalue weighted by atomic mass is 9.94. The Hall–Kier alpha value is -2.95. The summed E-state index contributed by atoms with van der Waals surface area (Å²) >= 11 is 0. The Labute approximate surface area is 146 Å². The summed E-state index contributed by atoms with van der Waals surface area (Å²) in [5.41, 5.74) is 1.42. The lowest BCUT2D eigenvalue weighted by molar-refractivity contribution is 0.0391. The summed E-state index contributed by atoms with van der Waals surface area (Å²) in [4.78, 5) is 36.0. The Morgan fingerprint density at radius 3 is 2.28 bits per heavy atom. The van der Waals surface area contributed by atoms with E-state index in [1.807, 2.05) is 0 Å². The number of ether oxygens (including phenoxy) is 1. The maximum atomic E-state index is 12.5. The largest absolute Gasteiger partial charge is 0.478 e. The molecule has 0 heterocycles. The van der Waals surface area contributed by atoms with Crippen LogP contribution in [0.15, 0.2) is 42.5 Å². The molecule has 25 heavy (non-hydrogen) atoms. The fraction of sp³-hybridized carbons (Fsp3) is 0.250. The number of carboxylic acids is 1. The minimum Gasteiger partial charge on any atom is -0.478 e. The van der Waals surface area contributed by atoms with Gasteiger partial charge in [-0.15, -0.1) is 0 Å². The van der Waals surface area contributed by atoms with Gasteiger partial charge in [0.2, 0.25) is 0 Å². The zero-order valence-corrected chi connectivity index (χ0v) is 14.2. The number of benzene rings is 2. The lowest BCUT2D eigenvalue weighted by Crippen LogP contribution is -2.18. The Bertz CT molecular complexity index is 793.